The number of alkyl halides is 1. The van der Waals surface area contributed by atoms with Crippen LogP contribution in [0.15, 0.2) is 0 Å². The Hall–Kier alpha value is -0.0500. The zero-order valence-corrected chi connectivity index (χ0v) is 15.0. The Bertz CT molecular complexity index is 466. The van der Waals surface area contributed by atoms with Crippen LogP contribution in [0, 0.1) is 27.6 Å². The molecule has 0 aromatic heterocycles. The number of amides is 1. The third-order valence-corrected chi connectivity index (χ3v) is 8.16. The highest BCUT2D eigenvalue weighted by atomic mass is 79.9. The van der Waals surface area contributed by atoms with E-state index in [4.69, 9.17) is 0 Å². The van der Waals surface area contributed by atoms with Crippen molar-refractivity contribution in [2.75, 3.05) is 11.9 Å². The fourth-order valence-corrected chi connectivity index (χ4v) is 7.45. The Morgan fingerprint density at radius 1 is 1.10 bits per heavy atom. The zero-order valence-electron chi connectivity index (χ0n) is 13.4. The molecule has 0 spiro atoms. The lowest BCUT2D eigenvalue weighted by atomic mass is 9.40. The van der Waals surface area contributed by atoms with Crippen LogP contribution < -0.4 is 5.32 Å². The first-order valence-corrected chi connectivity index (χ1v) is 9.77. The molecule has 21 heavy (non-hydrogen) atoms. The van der Waals surface area contributed by atoms with Crippen molar-refractivity contribution < 1.29 is 4.79 Å². The maximum Gasteiger partial charge on any atom is 0.226 e. The van der Waals surface area contributed by atoms with Crippen molar-refractivity contribution in [2.45, 2.75) is 65.2 Å². The predicted octanol–water partition coefficient (Wildman–Crippen LogP) is 4.27. The van der Waals surface area contributed by atoms with Crippen LogP contribution in [-0.2, 0) is 4.79 Å². The van der Waals surface area contributed by atoms with Crippen LogP contribution in [0.1, 0.15) is 65.2 Å². The summed E-state index contributed by atoms with van der Waals surface area (Å²) < 4.78 is 0. The van der Waals surface area contributed by atoms with Gasteiger partial charge in [0.2, 0.25) is 5.91 Å². The van der Waals surface area contributed by atoms with E-state index in [-0.39, 0.29) is 5.41 Å². The van der Waals surface area contributed by atoms with Crippen molar-refractivity contribution in [1.82, 2.24) is 5.32 Å². The molecular weight excluding hydrogens is 326 g/mol. The number of hydrogen-bond acceptors (Lipinski definition) is 1. The van der Waals surface area contributed by atoms with Crippen LogP contribution in [0.5, 0.6) is 0 Å². The second kappa shape index (κ2) is 4.27. The molecule has 1 amide bonds. The number of carbonyl (C=O) groups excluding carboxylic acids is 1. The fraction of sp³-hybridized carbons (Fsp3) is 0.944. The molecule has 4 bridgehead atoms. The van der Waals surface area contributed by atoms with Crippen molar-refractivity contribution in [1.29, 1.82) is 0 Å². The summed E-state index contributed by atoms with van der Waals surface area (Å²) in [5, 5.41) is 4.39. The maximum absolute atomic E-state index is 13.0. The molecule has 2 unspecified atom stereocenters. The minimum atomic E-state index is -0.0364. The normalized spacial score (nSPS) is 49.2. The summed E-state index contributed by atoms with van der Waals surface area (Å²) in [6.45, 7) is 5.77. The predicted molar refractivity (Wildman–Crippen MR) is 88.3 cm³/mol. The molecule has 2 nitrogen and oxygen atoms in total. The lowest BCUT2D eigenvalue weighted by Gasteiger charge is -2.64. The van der Waals surface area contributed by atoms with Gasteiger partial charge in [0.25, 0.3) is 0 Å². The van der Waals surface area contributed by atoms with Gasteiger partial charge < -0.3 is 5.32 Å². The van der Waals surface area contributed by atoms with Gasteiger partial charge >= 0.3 is 0 Å². The largest absolute Gasteiger partial charge is 0.355 e. The first-order chi connectivity index (χ1) is 9.80. The van der Waals surface area contributed by atoms with Gasteiger partial charge in [-0.05, 0) is 73.5 Å². The van der Waals surface area contributed by atoms with E-state index >= 15 is 0 Å². The Kier molecular flexibility index (Phi) is 2.96. The summed E-state index contributed by atoms with van der Waals surface area (Å²) in [4.78, 5) is 13.0. The van der Waals surface area contributed by atoms with Crippen molar-refractivity contribution in [2.24, 2.45) is 27.6 Å². The van der Waals surface area contributed by atoms with Crippen molar-refractivity contribution in [3.63, 3.8) is 0 Å². The number of carbonyl (C=O) groups is 1. The Balaban J connectivity index is 1.52. The van der Waals surface area contributed by atoms with Gasteiger partial charge in [0, 0.05) is 11.9 Å². The first-order valence-electron chi connectivity index (χ1n) is 8.65. The van der Waals surface area contributed by atoms with Gasteiger partial charge in [-0.1, -0.05) is 29.8 Å². The quantitative estimate of drug-likeness (QED) is 0.751. The highest BCUT2D eigenvalue weighted by Crippen LogP contribution is 2.69. The molecule has 0 aliphatic heterocycles. The van der Waals surface area contributed by atoms with Crippen molar-refractivity contribution in [3.05, 3.63) is 0 Å². The molecule has 2 atom stereocenters. The number of nitrogens with one attached hydrogen (secondary N) is 1. The average Bonchev–Trinajstić information content (AvgIpc) is 3.12. The summed E-state index contributed by atoms with van der Waals surface area (Å²) in [6, 6.07) is 0. The molecule has 5 saturated carbocycles. The van der Waals surface area contributed by atoms with Crippen LogP contribution in [-0.4, -0.2) is 17.8 Å². The van der Waals surface area contributed by atoms with E-state index in [0.717, 1.165) is 37.1 Å². The van der Waals surface area contributed by atoms with Crippen molar-refractivity contribution >= 4 is 21.8 Å². The molecule has 0 saturated heterocycles. The van der Waals surface area contributed by atoms with Gasteiger partial charge in [0.1, 0.15) is 0 Å². The molecule has 1 N–H and O–H groups in total. The minimum Gasteiger partial charge on any atom is -0.355 e. The summed E-state index contributed by atoms with van der Waals surface area (Å²) in [5.74, 6) is 1.18. The molecule has 5 aliphatic carbocycles. The van der Waals surface area contributed by atoms with Crippen LogP contribution in [0.2, 0.25) is 0 Å². The Labute approximate surface area is 136 Å². The van der Waals surface area contributed by atoms with E-state index in [9.17, 15) is 4.79 Å². The second-order valence-corrected chi connectivity index (χ2v) is 10.3. The average molecular weight is 354 g/mol. The Morgan fingerprint density at radius 3 is 2.19 bits per heavy atom. The fourth-order valence-electron chi connectivity index (χ4n) is 6.69. The van der Waals surface area contributed by atoms with E-state index in [1.807, 2.05) is 0 Å². The molecule has 0 aromatic carbocycles. The lowest BCUT2D eigenvalue weighted by molar-refractivity contribution is -0.170. The molecular formula is C18H28BrNO. The smallest absolute Gasteiger partial charge is 0.226 e. The Morgan fingerprint density at radius 2 is 1.71 bits per heavy atom. The standard InChI is InChI=1S/C18H28BrNO/c1-15-5-13-6-16(2,8-15)10-18(7-13,9-15)14(21)20-12-17(11-19)3-4-17/h13H,3-12H2,1-2H3,(H,20,21). The zero-order chi connectivity index (χ0) is 14.9. The number of halogens is 1. The first kappa shape index (κ1) is 14.5. The van der Waals surface area contributed by atoms with Gasteiger partial charge in [0.15, 0.2) is 0 Å². The summed E-state index contributed by atoms with van der Waals surface area (Å²) >= 11 is 3.61. The van der Waals surface area contributed by atoms with E-state index < -0.39 is 0 Å². The van der Waals surface area contributed by atoms with Gasteiger partial charge in [0.05, 0.1) is 5.41 Å². The van der Waals surface area contributed by atoms with Crippen LogP contribution in [0.4, 0.5) is 0 Å². The van der Waals surface area contributed by atoms with Gasteiger partial charge in [-0.25, -0.2) is 0 Å². The van der Waals surface area contributed by atoms with E-state index in [2.05, 4.69) is 35.1 Å². The second-order valence-electron chi connectivity index (χ2n) is 9.73. The monoisotopic (exact) mass is 353 g/mol. The lowest BCUT2D eigenvalue weighted by Crippen LogP contribution is -2.60. The topological polar surface area (TPSA) is 29.1 Å². The molecule has 5 fully saturated rings. The van der Waals surface area contributed by atoms with Gasteiger partial charge in [-0.2, -0.15) is 0 Å². The molecule has 3 heteroatoms. The molecule has 5 rings (SSSR count). The van der Waals surface area contributed by atoms with Crippen LogP contribution >= 0.6 is 15.9 Å². The molecule has 0 aromatic rings. The van der Waals surface area contributed by atoms with E-state index in [1.54, 1.807) is 0 Å². The third-order valence-electron chi connectivity index (χ3n) is 6.97. The van der Waals surface area contributed by atoms with Crippen molar-refractivity contribution in [3.8, 4) is 0 Å². The molecule has 5 aliphatic rings. The maximum atomic E-state index is 13.0. The van der Waals surface area contributed by atoms with E-state index in [1.165, 1.54) is 32.1 Å². The minimum absolute atomic E-state index is 0.0364. The van der Waals surface area contributed by atoms with Gasteiger partial charge in [-0.3, -0.25) is 4.79 Å². The summed E-state index contributed by atoms with van der Waals surface area (Å²) in [6.07, 6.45) is 10.0. The molecule has 0 heterocycles. The third kappa shape index (κ3) is 2.29. The summed E-state index contributed by atoms with van der Waals surface area (Å²) in [7, 11) is 0. The SMILES string of the molecule is CC12CC3CC(C)(C1)CC(C(=O)NCC1(CBr)CC1)(C3)C2. The van der Waals surface area contributed by atoms with Crippen LogP contribution in [0.3, 0.4) is 0 Å². The number of rotatable bonds is 4. The van der Waals surface area contributed by atoms with Gasteiger partial charge in [-0.15, -0.1) is 0 Å². The van der Waals surface area contributed by atoms with Crippen LogP contribution in [0.25, 0.3) is 0 Å². The highest BCUT2D eigenvalue weighted by Gasteiger charge is 2.62. The van der Waals surface area contributed by atoms with E-state index in [0.29, 0.717) is 22.2 Å². The molecule has 0 radical (unpaired) electrons. The highest BCUT2D eigenvalue weighted by molar-refractivity contribution is 9.09. The summed E-state index contributed by atoms with van der Waals surface area (Å²) in [5.41, 5.74) is 1.20. The molecule has 118 valence electrons. The number of hydrogen-bond donors (Lipinski definition) is 1.